The van der Waals surface area contributed by atoms with E-state index < -0.39 is 17.9 Å². The first-order chi connectivity index (χ1) is 5.40. The molecule has 1 N–H and O–H groups in total. The molecule has 0 rings (SSSR count). The highest BCUT2D eigenvalue weighted by Gasteiger charge is 1.93. The van der Waals surface area contributed by atoms with Gasteiger partial charge >= 0.3 is 17.9 Å². The summed E-state index contributed by atoms with van der Waals surface area (Å²) in [6.45, 7) is 3.48. The second-order valence-corrected chi connectivity index (χ2v) is 1.67. The van der Waals surface area contributed by atoms with E-state index in [-0.39, 0.29) is 0 Å². The summed E-state index contributed by atoms with van der Waals surface area (Å²) in [7, 11) is 0. The highest BCUT2D eigenvalue weighted by atomic mass is 17.1. The zero-order chi connectivity index (χ0) is 10.1. The molecule has 0 heterocycles. The van der Waals surface area contributed by atoms with Crippen LogP contribution in [0.1, 0.15) is 20.8 Å². The van der Waals surface area contributed by atoms with E-state index >= 15 is 0 Å². The second kappa shape index (κ2) is 7.67. The maximum Gasteiger partial charge on any atom is 0.339 e. The van der Waals surface area contributed by atoms with E-state index in [2.05, 4.69) is 9.62 Å². The van der Waals surface area contributed by atoms with Gasteiger partial charge < -0.3 is 9.62 Å². The number of hydrogen-bond acceptors (Lipinski definition) is 6. The van der Waals surface area contributed by atoms with Gasteiger partial charge in [0, 0.05) is 20.8 Å². The molecule has 12 heavy (non-hydrogen) atoms. The van der Waals surface area contributed by atoms with Crippen molar-refractivity contribution in [3.05, 3.63) is 0 Å². The standard InChI is InChI=1S/C4H6O3.C2H4O3/c1-3(5)7-4(2)6;1-2(3)5-4/h1-2H3;4H,1H3. The Morgan fingerprint density at radius 3 is 1.17 bits per heavy atom. The van der Waals surface area contributed by atoms with Crippen LogP contribution in [0.5, 0.6) is 0 Å². The highest BCUT2D eigenvalue weighted by molar-refractivity contribution is 5.82. The molecule has 0 saturated heterocycles. The third kappa shape index (κ3) is 23.5. The van der Waals surface area contributed by atoms with Gasteiger partial charge in [-0.3, -0.25) is 9.59 Å². The smallest absolute Gasteiger partial charge is 0.339 e. The first-order valence-electron chi connectivity index (χ1n) is 2.91. The fourth-order valence-corrected chi connectivity index (χ4v) is 0.202. The van der Waals surface area contributed by atoms with Gasteiger partial charge in [-0.05, 0) is 0 Å². The molecule has 0 aromatic heterocycles. The Kier molecular flexibility index (Phi) is 8.43. The molecule has 0 aromatic carbocycles. The van der Waals surface area contributed by atoms with Crippen LogP contribution in [-0.2, 0) is 24.0 Å². The Labute approximate surface area is 69.0 Å². The average Bonchev–Trinajstić information content (AvgIpc) is 1.85. The van der Waals surface area contributed by atoms with Gasteiger partial charge in [0.1, 0.15) is 0 Å². The van der Waals surface area contributed by atoms with Crippen LogP contribution < -0.4 is 0 Å². The summed E-state index contributed by atoms with van der Waals surface area (Å²) in [6.07, 6.45) is 0. The summed E-state index contributed by atoms with van der Waals surface area (Å²) in [5, 5.41) is 7.29. The lowest BCUT2D eigenvalue weighted by atomic mass is 10.7. The Morgan fingerprint density at radius 2 is 1.17 bits per heavy atom. The van der Waals surface area contributed by atoms with Gasteiger partial charge in [-0.1, -0.05) is 0 Å². The van der Waals surface area contributed by atoms with Crippen LogP contribution in [0.4, 0.5) is 0 Å². The van der Waals surface area contributed by atoms with Gasteiger partial charge in [0.25, 0.3) is 0 Å². The predicted molar refractivity (Wildman–Crippen MR) is 36.8 cm³/mol. The molecule has 0 aliphatic rings. The van der Waals surface area contributed by atoms with E-state index in [1.165, 1.54) is 13.8 Å². The van der Waals surface area contributed by atoms with Crippen molar-refractivity contribution < 1.29 is 29.3 Å². The predicted octanol–water partition coefficient (Wildman–Crippen LogP) is 0.119. The Balaban J connectivity index is 0. The fourth-order valence-electron chi connectivity index (χ4n) is 0.202. The summed E-state index contributed by atoms with van der Waals surface area (Å²) in [5.41, 5.74) is 0. The molecule has 0 unspecified atom stereocenters. The molecule has 0 atom stereocenters. The van der Waals surface area contributed by atoms with Crippen molar-refractivity contribution in [2.75, 3.05) is 0 Å². The largest absolute Gasteiger partial charge is 0.394 e. The van der Waals surface area contributed by atoms with Crippen molar-refractivity contribution in [1.82, 2.24) is 0 Å². The molecule has 70 valence electrons. The number of carbonyl (C=O) groups is 3. The van der Waals surface area contributed by atoms with E-state index in [0.29, 0.717) is 0 Å². The quantitative estimate of drug-likeness (QED) is 0.245. The number of ether oxygens (including phenoxy) is 1. The normalized spacial score (nSPS) is 7.33. The van der Waals surface area contributed by atoms with Gasteiger partial charge in [0.2, 0.25) is 0 Å². The number of hydrogen-bond donors (Lipinski definition) is 1. The average molecular weight is 178 g/mol. The lowest BCUT2D eigenvalue weighted by molar-refractivity contribution is -0.231. The number of rotatable bonds is 0. The molecule has 0 saturated carbocycles. The molecule has 0 aliphatic heterocycles. The van der Waals surface area contributed by atoms with Crippen LogP contribution in [0, 0.1) is 0 Å². The lowest BCUT2D eigenvalue weighted by Crippen LogP contribution is -2.03. The lowest BCUT2D eigenvalue weighted by Gasteiger charge is -1.87. The minimum Gasteiger partial charge on any atom is -0.394 e. The van der Waals surface area contributed by atoms with Crippen molar-refractivity contribution in [3.8, 4) is 0 Å². The maximum atomic E-state index is 9.81. The summed E-state index contributed by atoms with van der Waals surface area (Å²) >= 11 is 0. The molecule has 0 radical (unpaired) electrons. The molecular formula is C6H10O6. The monoisotopic (exact) mass is 178 g/mol. The molecular weight excluding hydrogens is 168 g/mol. The van der Waals surface area contributed by atoms with Crippen molar-refractivity contribution >= 4 is 17.9 Å². The Morgan fingerprint density at radius 1 is 0.917 bits per heavy atom. The molecule has 0 amide bonds. The Hall–Kier alpha value is -1.43. The van der Waals surface area contributed by atoms with Crippen LogP contribution in [0.15, 0.2) is 0 Å². The summed E-state index contributed by atoms with van der Waals surface area (Å²) in [4.78, 5) is 32.1. The first kappa shape index (κ1) is 13.2. The van der Waals surface area contributed by atoms with Crippen LogP contribution in [0.25, 0.3) is 0 Å². The molecule has 0 bridgehead atoms. The minimum atomic E-state index is -0.690. The zero-order valence-corrected chi connectivity index (χ0v) is 6.99. The molecule has 0 aromatic rings. The molecule has 6 nitrogen and oxygen atoms in total. The number of carbonyl (C=O) groups excluding carboxylic acids is 3. The van der Waals surface area contributed by atoms with Gasteiger partial charge in [-0.25, -0.2) is 4.79 Å². The van der Waals surface area contributed by atoms with E-state index in [0.717, 1.165) is 6.92 Å². The van der Waals surface area contributed by atoms with E-state index in [1.807, 2.05) is 0 Å². The van der Waals surface area contributed by atoms with Gasteiger partial charge in [-0.15, -0.1) is 0 Å². The SMILES string of the molecule is CC(=O)OC(C)=O.CC(=O)OO. The van der Waals surface area contributed by atoms with Crippen molar-refractivity contribution in [3.63, 3.8) is 0 Å². The maximum absolute atomic E-state index is 9.81. The van der Waals surface area contributed by atoms with Gasteiger partial charge in [0.05, 0.1) is 0 Å². The van der Waals surface area contributed by atoms with Crippen LogP contribution in [-0.4, -0.2) is 23.2 Å². The second-order valence-electron chi connectivity index (χ2n) is 1.67. The molecule has 0 fully saturated rings. The van der Waals surface area contributed by atoms with Crippen LogP contribution in [0.2, 0.25) is 0 Å². The molecule has 6 heteroatoms. The first-order valence-corrected chi connectivity index (χ1v) is 2.91. The zero-order valence-electron chi connectivity index (χ0n) is 6.99. The van der Waals surface area contributed by atoms with Gasteiger partial charge in [-0.2, -0.15) is 5.26 Å². The van der Waals surface area contributed by atoms with Crippen molar-refractivity contribution in [1.29, 1.82) is 0 Å². The van der Waals surface area contributed by atoms with E-state index in [9.17, 15) is 14.4 Å². The third-order valence-electron chi connectivity index (χ3n) is 0.416. The summed E-state index contributed by atoms with van der Waals surface area (Å²) in [5.74, 6) is -1.81. The van der Waals surface area contributed by atoms with Crippen molar-refractivity contribution in [2.45, 2.75) is 20.8 Å². The molecule has 0 aliphatic carbocycles. The third-order valence-corrected chi connectivity index (χ3v) is 0.416. The van der Waals surface area contributed by atoms with E-state index in [4.69, 9.17) is 5.26 Å². The highest BCUT2D eigenvalue weighted by Crippen LogP contribution is 1.73. The summed E-state index contributed by atoms with van der Waals surface area (Å²) in [6, 6.07) is 0. The van der Waals surface area contributed by atoms with Gasteiger partial charge in [0.15, 0.2) is 0 Å². The fraction of sp³-hybridized carbons (Fsp3) is 0.500. The number of esters is 2. The minimum absolute atomic E-state index is 0.562. The van der Waals surface area contributed by atoms with E-state index in [1.54, 1.807) is 0 Å². The Bertz CT molecular complexity index is 161. The van der Waals surface area contributed by atoms with Crippen LogP contribution in [0.3, 0.4) is 0 Å². The van der Waals surface area contributed by atoms with Crippen LogP contribution >= 0.6 is 0 Å². The summed E-state index contributed by atoms with van der Waals surface area (Å²) < 4.78 is 3.97. The molecule has 0 spiro atoms. The van der Waals surface area contributed by atoms with Crippen molar-refractivity contribution in [2.24, 2.45) is 0 Å². The topological polar surface area (TPSA) is 89.9 Å².